The highest BCUT2D eigenvalue weighted by Crippen LogP contribution is 2.28. The predicted molar refractivity (Wildman–Crippen MR) is 85.0 cm³/mol. The molecule has 0 spiro atoms. The van der Waals surface area contributed by atoms with Crippen molar-refractivity contribution in [3.8, 4) is 0 Å². The van der Waals surface area contributed by atoms with Crippen LogP contribution in [-0.2, 0) is 0 Å². The molecule has 3 nitrogen and oxygen atoms in total. The highest BCUT2D eigenvalue weighted by molar-refractivity contribution is 4.87. The Morgan fingerprint density at radius 1 is 0.950 bits per heavy atom. The van der Waals surface area contributed by atoms with Crippen molar-refractivity contribution in [2.24, 2.45) is 11.8 Å². The maximum Gasteiger partial charge on any atom is 0.0223 e. The summed E-state index contributed by atoms with van der Waals surface area (Å²) in [4.78, 5) is 5.29. The van der Waals surface area contributed by atoms with E-state index >= 15 is 0 Å². The summed E-state index contributed by atoms with van der Waals surface area (Å²) in [6, 6.07) is 0.783. The van der Waals surface area contributed by atoms with Crippen molar-refractivity contribution < 1.29 is 0 Å². The molecule has 2 aliphatic heterocycles. The van der Waals surface area contributed by atoms with Crippen LogP contribution in [0.2, 0.25) is 0 Å². The summed E-state index contributed by atoms with van der Waals surface area (Å²) in [6.45, 7) is 7.76. The molecule has 0 amide bonds. The number of likely N-dealkylation sites (tertiary alicyclic amines) is 1. The molecule has 20 heavy (non-hydrogen) atoms. The molecule has 3 heteroatoms. The Morgan fingerprint density at radius 3 is 2.60 bits per heavy atom. The smallest absolute Gasteiger partial charge is 0.0223 e. The van der Waals surface area contributed by atoms with Gasteiger partial charge in [-0.1, -0.05) is 19.3 Å². The molecule has 2 atom stereocenters. The predicted octanol–water partition coefficient (Wildman–Crippen LogP) is 2.18. The topological polar surface area (TPSA) is 18.5 Å². The Hall–Kier alpha value is -0.120. The number of rotatable bonds is 3. The van der Waals surface area contributed by atoms with E-state index in [1.165, 1.54) is 84.2 Å². The van der Waals surface area contributed by atoms with E-state index in [9.17, 15) is 0 Å². The molecule has 2 unspecified atom stereocenters. The van der Waals surface area contributed by atoms with Gasteiger partial charge in [0.05, 0.1) is 0 Å². The zero-order valence-electron chi connectivity index (χ0n) is 13.3. The lowest BCUT2D eigenvalue weighted by Gasteiger charge is -2.41. The Bertz CT molecular complexity index is 288. The summed E-state index contributed by atoms with van der Waals surface area (Å²) in [5.41, 5.74) is 0. The van der Waals surface area contributed by atoms with Gasteiger partial charge < -0.3 is 15.1 Å². The van der Waals surface area contributed by atoms with Crippen LogP contribution >= 0.6 is 0 Å². The third-order valence-corrected chi connectivity index (χ3v) is 5.75. The number of nitrogens with zero attached hydrogens (tertiary/aromatic N) is 2. The Labute approximate surface area is 125 Å². The zero-order valence-corrected chi connectivity index (χ0v) is 13.3. The monoisotopic (exact) mass is 279 g/mol. The fraction of sp³-hybridized carbons (Fsp3) is 1.00. The fourth-order valence-electron chi connectivity index (χ4n) is 4.65. The van der Waals surface area contributed by atoms with E-state index in [-0.39, 0.29) is 0 Å². The number of piperazine rings is 1. The van der Waals surface area contributed by atoms with E-state index < -0.39 is 0 Å². The largest absolute Gasteiger partial charge is 0.311 e. The van der Waals surface area contributed by atoms with Crippen molar-refractivity contribution in [2.45, 2.75) is 51.0 Å². The van der Waals surface area contributed by atoms with E-state index in [1.807, 2.05) is 0 Å². The summed E-state index contributed by atoms with van der Waals surface area (Å²) in [5, 5.41) is 3.81. The first-order chi connectivity index (χ1) is 9.81. The van der Waals surface area contributed by atoms with Gasteiger partial charge in [0.25, 0.3) is 0 Å². The molecule has 0 aromatic rings. The van der Waals surface area contributed by atoms with Crippen LogP contribution in [0.25, 0.3) is 0 Å². The van der Waals surface area contributed by atoms with Gasteiger partial charge >= 0.3 is 0 Å². The maximum absolute atomic E-state index is 3.81. The van der Waals surface area contributed by atoms with Crippen molar-refractivity contribution in [3.63, 3.8) is 0 Å². The fourth-order valence-corrected chi connectivity index (χ4v) is 4.65. The first-order valence-electron chi connectivity index (χ1n) is 8.95. The van der Waals surface area contributed by atoms with Gasteiger partial charge in [-0.25, -0.2) is 0 Å². The molecule has 116 valence electrons. The van der Waals surface area contributed by atoms with Crippen LogP contribution in [0.4, 0.5) is 0 Å². The SMILES string of the molecule is CN1CCCC(CN2CCNC(C3CCCCC3)C2)C1. The lowest BCUT2D eigenvalue weighted by atomic mass is 9.83. The highest BCUT2D eigenvalue weighted by Gasteiger charge is 2.29. The van der Waals surface area contributed by atoms with Crippen LogP contribution in [0, 0.1) is 11.8 Å². The zero-order chi connectivity index (χ0) is 13.8. The summed E-state index contributed by atoms with van der Waals surface area (Å²) < 4.78 is 0. The van der Waals surface area contributed by atoms with Crippen LogP contribution in [0.15, 0.2) is 0 Å². The minimum absolute atomic E-state index is 0.783. The Balaban J connectivity index is 1.47. The normalized spacial score (nSPS) is 35.2. The van der Waals surface area contributed by atoms with E-state index in [0.29, 0.717) is 0 Å². The minimum Gasteiger partial charge on any atom is -0.311 e. The van der Waals surface area contributed by atoms with Gasteiger partial charge in [0.1, 0.15) is 0 Å². The Kier molecular flexibility index (Phi) is 5.36. The van der Waals surface area contributed by atoms with Gasteiger partial charge in [-0.15, -0.1) is 0 Å². The number of hydrogen-bond acceptors (Lipinski definition) is 3. The molecule has 2 heterocycles. The highest BCUT2D eigenvalue weighted by atomic mass is 15.2. The second-order valence-corrected chi connectivity index (χ2v) is 7.49. The van der Waals surface area contributed by atoms with Gasteiger partial charge in [-0.05, 0) is 51.1 Å². The van der Waals surface area contributed by atoms with Crippen LogP contribution in [0.1, 0.15) is 44.9 Å². The lowest BCUT2D eigenvalue weighted by molar-refractivity contribution is 0.105. The lowest BCUT2D eigenvalue weighted by Crippen LogP contribution is -2.55. The van der Waals surface area contributed by atoms with Crippen molar-refractivity contribution in [1.82, 2.24) is 15.1 Å². The molecule has 0 aromatic heterocycles. The second kappa shape index (κ2) is 7.24. The summed E-state index contributed by atoms with van der Waals surface area (Å²) in [6.07, 6.45) is 10.2. The molecule has 2 saturated heterocycles. The first-order valence-corrected chi connectivity index (χ1v) is 8.95. The third-order valence-electron chi connectivity index (χ3n) is 5.75. The molecule has 1 N–H and O–H groups in total. The van der Waals surface area contributed by atoms with Gasteiger partial charge in [0.2, 0.25) is 0 Å². The summed E-state index contributed by atoms with van der Waals surface area (Å²) >= 11 is 0. The average Bonchev–Trinajstić information content (AvgIpc) is 2.48. The molecule has 0 radical (unpaired) electrons. The molecule has 3 rings (SSSR count). The van der Waals surface area contributed by atoms with E-state index in [2.05, 4.69) is 22.2 Å². The molecule has 1 saturated carbocycles. The van der Waals surface area contributed by atoms with Crippen molar-refractivity contribution >= 4 is 0 Å². The van der Waals surface area contributed by atoms with E-state index in [0.717, 1.165) is 17.9 Å². The van der Waals surface area contributed by atoms with Crippen LogP contribution in [0.5, 0.6) is 0 Å². The number of nitrogens with one attached hydrogen (secondary N) is 1. The molecule has 1 aliphatic carbocycles. The van der Waals surface area contributed by atoms with Crippen LogP contribution < -0.4 is 5.32 Å². The summed E-state index contributed by atoms with van der Waals surface area (Å²) in [5.74, 6) is 1.87. The molecule has 0 bridgehead atoms. The molecular weight excluding hydrogens is 246 g/mol. The maximum atomic E-state index is 3.81. The molecule has 0 aromatic carbocycles. The Morgan fingerprint density at radius 2 is 1.80 bits per heavy atom. The number of piperidine rings is 1. The molecule has 3 fully saturated rings. The standard InChI is InChI=1S/C17H33N3/c1-19-10-5-6-15(12-19)13-20-11-9-18-17(14-20)16-7-3-2-4-8-16/h15-18H,2-14H2,1H3. The average molecular weight is 279 g/mol. The van der Waals surface area contributed by atoms with Crippen LogP contribution in [-0.4, -0.2) is 62.2 Å². The quantitative estimate of drug-likeness (QED) is 0.854. The minimum atomic E-state index is 0.783. The van der Waals surface area contributed by atoms with Crippen molar-refractivity contribution in [1.29, 1.82) is 0 Å². The third kappa shape index (κ3) is 3.96. The van der Waals surface area contributed by atoms with Gasteiger partial charge in [-0.2, -0.15) is 0 Å². The van der Waals surface area contributed by atoms with Crippen LogP contribution in [0.3, 0.4) is 0 Å². The van der Waals surface area contributed by atoms with Crippen molar-refractivity contribution in [2.75, 3.05) is 46.3 Å². The van der Waals surface area contributed by atoms with Gasteiger partial charge in [0, 0.05) is 38.8 Å². The first kappa shape index (κ1) is 14.8. The molecule has 3 aliphatic rings. The van der Waals surface area contributed by atoms with E-state index in [1.54, 1.807) is 0 Å². The van der Waals surface area contributed by atoms with Crippen molar-refractivity contribution in [3.05, 3.63) is 0 Å². The summed E-state index contributed by atoms with van der Waals surface area (Å²) in [7, 11) is 2.29. The second-order valence-electron chi connectivity index (χ2n) is 7.49. The number of hydrogen-bond donors (Lipinski definition) is 1. The van der Waals surface area contributed by atoms with Gasteiger partial charge in [0.15, 0.2) is 0 Å². The van der Waals surface area contributed by atoms with E-state index in [4.69, 9.17) is 0 Å². The van der Waals surface area contributed by atoms with Gasteiger partial charge in [-0.3, -0.25) is 0 Å². The molecular formula is C17H33N3.